The zero-order valence-corrected chi connectivity index (χ0v) is 23.4. The van der Waals surface area contributed by atoms with Crippen LogP contribution in [0, 0.1) is 11.6 Å². The van der Waals surface area contributed by atoms with Crippen LogP contribution in [0.3, 0.4) is 0 Å². The van der Waals surface area contributed by atoms with Crippen LogP contribution in [0.5, 0.6) is 5.75 Å². The second-order valence-corrected chi connectivity index (χ2v) is 13.9. The van der Waals surface area contributed by atoms with Crippen molar-refractivity contribution in [2.75, 3.05) is 0 Å². The summed E-state index contributed by atoms with van der Waals surface area (Å²) < 4.78 is 102. The summed E-state index contributed by atoms with van der Waals surface area (Å²) in [4.78, 5) is 14.9. The van der Waals surface area contributed by atoms with E-state index in [4.69, 9.17) is 16.3 Å². The summed E-state index contributed by atoms with van der Waals surface area (Å²) in [5, 5.41) is -1.27. The van der Waals surface area contributed by atoms with Gasteiger partial charge in [0.1, 0.15) is 11.9 Å². The van der Waals surface area contributed by atoms with E-state index in [9.17, 15) is 30.8 Å². The van der Waals surface area contributed by atoms with Crippen molar-refractivity contribution in [2.24, 2.45) is 0 Å². The van der Waals surface area contributed by atoms with Gasteiger partial charge in [-0.15, -0.1) is 0 Å². The number of amides is 1. The van der Waals surface area contributed by atoms with Crippen molar-refractivity contribution in [3.63, 3.8) is 0 Å². The highest BCUT2D eigenvalue weighted by Crippen LogP contribution is 2.45. The highest BCUT2D eigenvalue weighted by molar-refractivity contribution is 7.91. The molecule has 2 unspecified atom stereocenters. The van der Waals surface area contributed by atoms with E-state index in [0.717, 1.165) is 36.8 Å². The molecule has 222 valence electrons. The first-order valence-electron chi connectivity index (χ1n) is 13.7. The van der Waals surface area contributed by atoms with Crippen LogP contribution in [-0.4, -0.2) is 42.7 Å². The van der Waals surface area contributed by atoms with Gasteiger partial charge in [-0.2, -0.15) is 13.2 Å². The average molecular weight is 619 g/mol. The molecule has 6 rings (SSSR count). The summed E-state index contributed by atoms with van der Waals surface area (Å²) in [5.74, 6) is -3.17. The number of ether oxygens (including phenoxy) is 1. The Bertz CT molecular complexity index is 1480. The van der Waals surface area contributed by atoms with Gasteiger partial charge in [0.05, 0.1) is 21.4 Å². The normalized spacial score (nSPS) is 24.9. The largest absolute Gasteiger partial charge is 0.487 e. The number of hydrogen-bond acceptors (Lipinski definition) is 5. The van der Waals surface area contributed by atoms with Gasteiger partial charge in [0.2, 0.25) is 10.0 Å². The Hall–Kier alpha value is -2.44. The highest BCUT2D eigenvalue weighted by atomic mass is 35.5. The fourth-order valence-electron chi connectivity index (χ4n) is 6.13. The van der Waals surface area contributed by atoms with E-state index in [0.29, 0.717) is 44.4 Å². The van der Waals surface area contributed by atoms with E-state index in [-0.39, 0.29) is 23.6 Å². The number of nitrogens with one attached hydrogen (secondary N) is 1. The number of rotatable bonds is 8. The fraction of sp³-hybridized carbons (Fsp3) is 0.536. The maximum Gasteiger partial charge on any atom is 0.416 e. The molecular weight excluding hydrogens is 591 g/mol. The zero-order chi connectivity index (χ0) is 29.3. The molecular formula is C28H28ClF5N2O4S. The number of halogens is 6. The summed E-state index contributed by atoms with van der Waals surface area (Å²) >= 11 is 5.71. The average Bonchev–Trinajstić information content (AvgIpc) is 3.79. The minimum Gasteiger partial charge on any atom is -0.487 e. The van der Waals surface area contributed by atoms with Gasteiger partial charge in [0, 0.05) is 18.6 Å². The molecule has 3 atom stereocenters. The quantitative estimate of drug-likeness (QED) is 0.351. The molecule has 1 N–H and O–H groups in total. The van der Waals surface area contributed by atoms with Crippen LogP contribution in [0.1, 0.15) is 84.3 Å². The zero-order valence-electron chi connectivity index (χ0n) is 21.8. The number of carbonyl (C=O) groups is 1. The number of hydrogen-bond donors (Lipinski definition) is 1. The lowest BCUT2D eigenvalue weighted by Crippen LogP contribution is -2.46. The lowest BCUT2D eigenvalue weighted by Gasteiger charge is -2.39. The summed E-state index contributed by atoms with van der Waals surface area (Å²) in [6.07, 6.45) is 0.00454. The first-order chi connectivity index (χ1) is 19.3. The van der Waals surface area contributed by atoms with Crippen LogP contribution >= 0.6 is 11.6 Å². The van der Waals surface area contributed by atoms with Crippen molar-refractivity contribution in [1.82, 2.24) is 9.62 Å². The van der Waals surface area contributed by atoms with E-state index in [2.05, 4.69) is 4.90 Å². The second kappa shape index (κ2) is 10.4. The minimum atomic E-state index is -4.70. The maximum absolute atomic E-state index is 15.2. The summed E-state index contributed by atoms with van der Waals surface area (Å²) in [6, 6.07) is 3.93. The number of carbonyl (C=O) groups excluding carboxylic acids is 1. The molecule has 2 saturated heterocycles. The Morgan fingerprint density at radius 2 is 1.66 bits per heavy atom. The number of piperidine rings is 1. The topological polar surface area (TPSA) is 75.7 Å². The van der Waals surface area contributed by atoms with Crippen molar-refractivity contribution < 1.29 is 39.9 Å². The molecule has 2 bridgehead atoms. The van der Waals surface area contributed by atoms with Gasteiger partial charge in [-0.1, -0.05) is 11.6 Å². The molecule has 4 fully saturated rings. The van der Waals surface area contributed by atoms with Gasteiger partial charge in [0.15, 0.2) is 11.6 Å². The molecule has 13 heteroatoms. The SMILES string of the molecule is O=C(NS(=O)(=O)C1CC1)c1cc(C2CC2)c(CN2C3CC[C@@H]2CC(Oc2cc(C(F)(F)F)cc(Cl)c2F)C3)cc1F. The predicted molar refractivity (Wildman–Crippen MR) is 140 cm³/mol. The molecule has 6 nitrogen and oxygen atoms in total. The second-order valence-electron chi connectivity index (χ2n) is 11.5. The molecule has 2 aromatic rings. The molecule has 0 spiro atoms. The smallest absolute Gasteiger partial charge is 0.416 e. The highest BCUT2D eigenvalue weighted by Gasteiger charge is 2.43. The third kappa shape index (κ3) is 5.92. The molecule has 2 aliphatic carbocycles. The van der Waals surface area contributed by atoms with Crippen molar-refractivity contribution in [3.05, 3.63) is 63.2 Å². The number of fused-ring (bicyclic) bond motifs is 2. The number of sulfonamides is 1. The van der Waals surface area contributed by atoms with E-state index in [1.165, 1.54) is 12.1 Å². The van der Waals surface area contributed by atoms with Gasteiger partial charge in [-0.05, 0) is 92.7 Å². The van der Waals surface area contributed by atoms with E-state index in [1.54, 1.807) is 0 Å². The molecule has 2 aromatic carbocycles. The van der Waals surface area contributed by atoms with E-state index >= 15 is 4.39 Å². The van der Waals surface area contributed by atoms with Gasteiger partial charge in [0.25, 0.3) is 5.91 Å². The number of benzene rings is 2. The summed E-state index contributed by atoms with van der Waals surface area (Å²) in [5.41, 5.74) is 0.158. The Kier molecular flexibility index (Phi) is 7.26. The monoisotopic (exact) mass is 618 g/mol. The minimum absolute atomic E-state index is 0.00939. The number of alkyl halides is 3. The lowest BCUT2D eigenvalue weighted by molar-refractivity contribution is -0.137. The molecule has 41 heavy (non-hydrogen) atoms. The van der Waals surface area contributed by atoms with Crippen molar-refractivity contribution in [3.8, 4) is 5.75 Å². The third-order valence-electron chi connectivity index (χ3n) is 8.50. The van der Waals surface area contributed by atoms with Crippen LogP contribution in [0.25, 0.3) is 0 Å². The van der Waals surface area contributed by atoms with Crippen molar-refractivity contribution >= 4 is 27.5 Å². The van der Waals surface area contributed by atoms with Gasteiger partial charge < -0.3 is 4.74 Å². The Labute approximate surface area is 239 Å². The van der Waals surface area contributed by atoms with Crippen molar-refractivity contribution in [1.29, 1.82) is 0 Å². The van der Waals surface area contributed by atoms with Crippen LogP contribution < -0.4 is 9.46 Å². The van der Waals surface area contributed by atoms with Gasteiger partial charge in [-0.25, -0.2) is 21.9 Å². The lowest BCUT2D eigenvalue weighted by atomic mass is 9.95. The fourth-order valence-corrected chi connectivity index (χ4v) is 7.63. The standard InChI is InChI=1S/C28H28ClF5N2O4S/c29-23-8-16(28(32,33)34)9-25(26(23)31)40-19-10-17-3-4-18(11-19)36(17)13-15-7-24(30)22(12-21(15)14-1-2-14)27(37)35-41(38,39)20-5-6-20/h7-9,12,14,17-20H,1-6,10-11,13H2,(H,35,37)/t17-,18?,19?/m1/s1. The molecule has 0 radical (unpaired) electrons. The van der Waals surface area contributed by atoms with Crippen LogP contribution in [0.4, 0.5) is 22.0 Å². The Morgan fingerprint density at radius 1 is 1.00 bits per heavy atom. The van der Waals surface area contributed by atoms with Gasteiger partial charge in [-0.3, -0.25) is 9.69 Å². The number of nitrogens with zero attached hydrogens (tertiary/aromatic N) is 1. The summed E-state index contributed by atoms with van der Waals surface area (Å²) in [7, 11) is -3.82. The van der Waals surface area contributed by atoms with Crippen LogP contribution in [-0.2, 0) is 22.7 Å². The maximum atomic E-state index is 15.2. The molecule has 2 aliphatic heterocycles. The van der Waals surface area contributed by atoms with Crippen LogP contribution in [0.15, 0.2) is 24.3 Å². The van der Waals surface area contributed by atoms with Crippen LogP contribution in [0.2, 0.25) is 5.02 Å². The first kappa shape index (κ1) is 28.7. The van der Waals surface area contributed by atoms with Gasteiger partial charge >= 0.3 is 6.18 Å². The molecule has 2 heterocycles. The molecule has 1 amide bonds. The van der Waals surface area contributed by atoms with E-state index in [1.807, 2.05) is 4.72 Å². The Morgan fingerprint density at radius 3 is 2.24 bits per heavy atom. The summed E-state index contributed by atoms with van der Waals surface area (Å²) in [6.45, 7) is 0.400. The third-order valence-corrected chi connectivity index (χ3v) is 10.6. The van der Waals surface area contributed by atoms with E-state index < -0.39 is 61.4 Å². The Balaban J connectivity index is 1.18. The predicted octanol–water partition coefficient (Wildman–Crippen LogP) is 6.31. The molecule has 4 aliphatic rings. The first-order valence-corrected chi connectivity index (χ1v) is 15.6. The van der Waals surface area contributed by atoms with Crippen molar-refractivity contribution in [2.45, 2.75) is 93.4 Å². The molecule has 2 saturated carbocycles. The molecule has 0 aromatic heterocycles.